The number of nitrogens with zero attached hydrogens (tertiary/aromatic N) is 1. The van der Waals surface area contributed by atoms with E-state index >= 15 is 0 Å². The lowest BCUT2D eigenvalue weighted by Crippen LogP contribution is -2.29. The molecule has 3 heteroatoms. The van der Waals surface area contributed by atoms with Gasteiger partial charge in [-0.15, -0.1) is 0 Å². The van der Waals surface area contributed by atoms with Crippen molar-refractivity contribution in [2.24, 2.45) is 5.92 Å². The van der Waals surface area contributed by atoms with Gasteiger partial charge in [0.25, 0.3) is 0 Å². The van der Waals surface area contributed by atoms with Gasteiger partial charge in [0.15, 0.2) is 0 Å². The van der Waals surface area contributed by atoms with Crippen LogP contribution in [0.4, 0.5) is 0 Å². The molecule has 0 fully saturated rings. The van der Waals surface area contributed by atoms with Crippen molar-refractivity contribution in [2.45, 2.75) is 20.4 Å². The summed E-state index contributed by atoms with van der Waals surface area (Å²) >= 11 is 0. The smallest absolute Gasteiger partial charge is 0.0705 e. The van der Waals surface area contributed by atoms with E-state index in [1.807, 2.05) is 12.3 Å². The van der Waals surface area contributed by atoms with E-state index in [0.717, 1.165) is 31.7 Å². The van der Waals surface area contributed by atoms with Crippen molar-refractivity contribution in [3.63, 3.8) is 0 Å². The van der Waals surface area contributed by atoms with Crippen LogP contribution in [0, 0.1) is 5.92 Å². The van der Waals surface area contributed by atoms with Gasteiger partial charge in [0.2, 0.25) is 0 Å². The van der Waals surface area contributed by atoms with E-state index in [0.29, 0.717) is 5.92 Å². The number of aromatic nitrogens is 1. The van der Waals surface area contributed by atoms with Crippen molar-refractivity contribution in [3.05, 3.63) is 42.1 Å². The Morgan fingerprint density at radius 2 is 1.89 bits per heavy atom. The Labute approximate surface area is 115 Å². The summed E-state index contributed by atoms with van der Waals surface area (Å²) in [6.45, 7) is 8.43. The molecule has 3 nitrogen and oxygen atoms in total. The van der Waals surface area contributed by atoms with E-state index in [9.17, 15) is 0 Å². The third kappa shape index (κ3) is 4.30. The van der Waals surface area contributed by atoms with Crippen molar-refractivity contribution in [2.75, 3.05) is 19.6 Å². The van der Waals surface area contributed by atoms with Crippen molar-refractivity contribution in [3.8, 4) is 0 Å². The molecule has 0 saturated heterocycles. The van der Waals surface area contributed by atoms with Gasteiger partial charge in [-0.2, -0.15) is 0 Å². The predicted molar refractivity (Wildman–Crippen MR) is 81.2 cm³/mol. The largest absolute Gasteiger partial charge is 0.315 e. The number of hydrogen-bond donors (Lipinski definition) is 2. The zero-order chi connectivity index (χ0) is 13.5. The van der Waals surface area contributed by atoms with E-state index in [2.05, 4.69) is 53.7 Å². The van der Waals surface area contributed by atoms with Crippen molar-refractivity contribution < 1.29 is 0 Å². The number of rotatable bonds is 7. The van der Waals surface area contributed by atoms with E-state index in [-0.39, 0.29) is 0 Å². The zero-order valence-electron chi connectivity index (χ0n) is 11.8. The molecule has 0 spiro atoms. The van der Waals surface area contributed by atoms with Gasteiger partial charge in [0, 0.05) is 31.2 Å². The molecule has 0 aliphatic rings. The van der Waals surface area contributed by atoms with E-state index in [1.54, 1.807) is 0 Å². The van der Waals surface area contributed by atoms with Gasteiger partial charge in [-0.1, -0.05) is 32.0 Å². The summed E-state index contributed by atoms with van der Waals surface area (Å²) < 4.78 is 0. The molecule has 2 N–H and O–H groups in total. The maximum Gasteiger partial charge on any atom is 0.0705 e. The molecule has 0 unspecified atom stereocenters. The second kappa shape index (κ2) is 7.22. The molecule has 0 aliphatic carbocycles. The van der Waals surface area contributed by atoms with Crippen LogP contribution in [-0.4, -0.2) is 24.6 Å². The summed E-state index contributed by atoms with van der Waals surface area (Å²) in [7, 11) is 0. The highest BCUT2D eigenvalue weighted by atomic mass is 14.9. The maximum atomic E-state index is 4.38. The average molecular weight is 257 g/mol. The van der Waals surface area contributed by atoms with Gasteiger partial charge < -0.3 is 10.6 Å². The van der Waals surface area contributed by atoms with Crippen LogP contribution >= 0.6 is 0 Å². The van der Waals surface area contributed by atoms with Crippen molar-refractivity contribution >= 4 is 10.9 Å². The summed E-state index contributed by atoms with van der Waals surface area (Å²) in [5, 5.41) is 8.15. The third-order valence-corrected chi connectivity index (χ3v) is 3.08. The van der Waals surface area contributed by atoms with Crippen molar-refractivity contribution in [1.29, 1.82) is 0 Å². The molecule has 0 atom stereocenters. The van der Waals surface area contributed by atoms with Gasteiger partial charge in [0.1, 0.15) is 0 Å². The normalized spacial score (nSPS) is 11.3. The second-order valence-corrected chi connectivity index (χ2v) is 5.26. The van der Waals surface area contributed by atoms with E-state index in [4.69, 9.17) is 0 Å². The van der Waals surface area contributed by atoms with Gasteiger partial charge in [0.05, 0.1) is 5.52 Å². The van der Waals surface area contributed by atoms with Crippen LogP contribution in [0.1, 0.15) is 19.4 Å². The molecule has 1 heterocycles. The van der Waals surface area contributed by atoms with Gasteiger partial charge in [-0.25, -0.2) is 0 Å². The number of fused-ring (bicyclic) bond motifs is 1. The Kier molecular flexibility index (Phi) is 5.31. The maximum absolute atomic E-state index is 4.38. The van der Waals surface area contributed by atoms with Gasteiger partial charge in [-0.3, -0.25) is 4.98 Å². The van der Waals surface area contributed by atoms with Gasteiger partial charge in [-0.05, 0) is 30.2 Å². The lowest BCUT2D eigenvalue weighted by atomic mass is 10.1. The van der Waals surface area contributed by atoms with E-state index in [1.165, 1.54) is 10.9 Å². The Morgan fingerprint density at radius 3 is 2.74 bits per heavy atom. The quantitative estimate of drug-likeness (QED) is 0.749. The zero-order valence-corrected chi connectivity index (χ0v) is 11.8. The van der Waals surface area contributed by atoms with Gasteiger partial charge >= 0.3 is 0 Å². The van der Waals surface area contributed by atoms with Crippen LogP contribution in [-0.2, 0) is 6.54 Å². The highest BCUT2D eigenvalue weighted by molar-refractivity contribution is 5.81. The SMILES string of the molecule is CC(C)CNCCNCc1cccc2ncccc12. The molecule has 0 radical (unpaired) electrons. The minimum absolute atomic E-state index is 0.712. The number of nitrogens with one attached hydrogen (secondary N) is 2. The average Bonchev–Trinajstić information content (AvgIpc) is 2.42. The van der Waals surface area contributed by atoms with Crippen molar-refractivity contribution in [1.82, 2.24) is 15.6 Å². The Bertz CT molecular complexity index is 503. The Morgan fingerprint density at radius 1 is 1.05 bits per heavy atom. The third-order valence-electron chi connectivity index (χ3n) is 3.08. The molecule has 0 saturated carbocycles. The predicted octanol–water partition coefficient (Wildman–Crippen LogP) is 2.57. The second-order valence-electron chi connectivity index (χ2n) is 5.26. The van der Waals surface area contributed by atoms with E-state index < -0.39 is 0 Å². The molecule has 0 bridgehead atoms. The standard InChI is InChI=1S/C16H23N3/c1-13(2)11-17-9-10-18-12-14-5-3-7-16-15(14)6-4-8-19-16/h3-8,13,17-18H,9-12H2,1-2H3. The summed E-state index contributed by atoms with van der Waals surface area (Å²) in [4.78, 5) is 4.38. The molecule has 2 aromatic rings. The summed E-state index contributed by atoms with van der Waals surface area (Å²) in [5.74, 6) is 0.712. The molecule has 0 aliphatic heterocycles. The Balaban J connectivity index is 1.82. The first-order valence-corrected chi connectivity index (χ1v) is 7.01. The molecule has 102 valence electrons. The molecule has 1 aromatic heterocycles. The topological polar surface area (TPSA) is 37.0 Å². The molecule has 1 aromatic carbocycles. The Hall–Kier alpha value is -1.45. The van der Waals surface area contributed by atoms with Crippen LogP contribution in [0.25, 0.3) is 10.9 Å². The molecular formula is C16H23N3. The van der Waals surface area contributed by atoms with Crippen LogP contribution in [0.2, 0.25) is 0 Å². The van der Waals surface area contributed by atoms with Crippen LogP contribution in [0.5, 0.6) is 0 Å². The fraction of sp³-hybridized carbons (Fsp3) is 0.438. The minimum atomic E-state index is 0.712. The lowest BCUT2D eigenvalue weighted by molar-refractivity contribution is 0.536. The lowest BCUT2D eigenvalue weighted by Gasteiger charge is -2.09. The fourth-order valence-electron chi connectivity index (χ4n) is 2.11. The molecule has 2 rings (SSSR count). The number of benzene rings is 1. The molecular weight excluding hydrogens is 234 g/mol. The van der Waals surface area contributed by atoms with Crippen LogP contribution < -0.4 is 10.6 Å². The summed E-state index contributed by atoms with van der Waals surface area (Å²) in [6.07, 6.45) is 1.84. The minimum Gasteiger partial charge on any atom is -0.315 e. The first-order valence-electron chi connectivity index (χ1n) is 7.01. The number of hydrogen-bond acceptors (Lipinski definition) is 3. The molecule has 0 amide bonds. The molecule has 19 heavy (non-hydrogen) atoms. The summed E-state index contributed by atoms with van der Waals surface area (Å²) in [5.41, 5.74) is 2.38. The number of pyridine rings is 1. The van der Waals surface area contributed by atoms with Crippen LogP contribution in [0.3, 0.4) is 0 Å². The first-order chi connectivity index (χ1) is 9.27. The monoisotopic (exact) mass is 257 g/mol. The highest BCUT2D eigenvalue weighted by Crippen LogP contribution is 2.15. The first kappa shape index (κ1) is 14.0. The highest BCUT2D eigenvalue weighted by Gasteiger charge is 2.00. The summed E-state index contributed by atoms with van der Waals surface area (Å²) in [6, 6.07) is 10.4. The fourth-order valence-corrected chi connectivity index (χ4v) is 2.11. The van der Waals surface area contributed by atoms with Crippen LogP contribution in [0.15, 0.2) is 36.5 Å².